The first kappa shape index (κ1) is 23.6. The minimum absolute atomic E-state index is 0.0551. The minimum Gasteiger partial charge on any atom is -0.493 e. The van der Waals surface area contributed by atoms with Crippen molar-refractivity contribution in [3.63, 3.8) is 0 Å². The highest BCUT2D eigenvalue weighted by Gasteiger charge is 2.33. The highest BCUT2D eigenvalue weighted by atomic mass is 32.2. The average molecular weight is 467 g/mol. The third kappa shape index (κ3) is 5.39. The summed E-state index contributed by atoms with van der Waals surface area (Å²) in [6.07, 6.45) is 0.380. The molecule has 2 aromatic rings. The number of carbonyl (C=O) groups is 2. The highest BCUT2D eigenvalue weighted by molar-refractivity contribution is 7.91. The molecule has 1 aromatic heterocycles. The van der Waals surface area contributed by atoms with Gasteiger partial charge in [0.15, 0.2) is 27.9 Å². The van der Waals surface area contributed by atoms with Gasteiger partial charge in [-0.15, -0.1) is 0 Å². The number of esters is 1. The summed E-state index contributed by atoms with van der Waals surface area (Å²) in [5, 5.41) is 3.88. The molecule has 1 fully saturated rings. The van der Waals surface area contributed by atoms with E-state index in [-0.39, 0.29) is 23.7 Å². The van der Waals surface area contributed by atoms with Crippen LogP contribution in [-0.2, 0) is 26.0 Å². The molecule has 10 nitrogen and oxygen atoms in total. The number of aryl methyl sites for hydroxylation is 2. The summed E-state index contributed by atoms with van der Waals surface area (Å²) >= 11 is 0. The molecule has 0 N–H and O–H groups in total. The van der Waals surface area contributed by atoms with Crippen molar-refractivity contribution >= 4 is 21.7 Å². The molecule has 32 heavy (non-hydrogen) atoms. The van der Waals surface area contributed by atoms with Gasteiger partial charge in [0.2, 0.25) is 0 Å². The van der Waals surface area contributed by atoms with Crippen molar-refractivity contribution < 1.29 is 36.7 Å². The van der Waals surface area contributed by atoms with E-state index in [9.17, 15) is 18.0 Å². The van der Waals surface area contributed by atoms with Crippen molar-refractivity contribution in [1.82, 2.24) is 10.1 Å². The zero-order valence-corrected chi connectivity index (χ0v) is 19.2. The quantitative estimate of drug-likeness (QED) is 0.534. The van der Waals surface area contributed by atoms with Crippen LogP contribution in [0.3, 0.4) is 0 Å². The Hall–Kier alpha value is -3.08. The molecule has 3 rings (SSSR count). The van der Waals surface area contributed by atoms with Gasteiger partial charge in [-0.3, -0.25) is 4.79 Å². The highest BCUT2D eigenvalue weighted by Crippen LogP contribution is 2.30. The summed E-state index contributed by atoms with van der Waals surface area (Å²) in [6, 6.07) is 4.14. The maximum absolute atomic E-state index is 12.4. The van der Waals surface area contributed by atoms with Gasteiger partial charge in [0.1, 0.15) is 12.4 Å². The molecule has 1 atom stereocenters. The summed E-state index contributed by atoms with van der Waals surface area (Å²) < 4.78 is 44.5. The van der Waals surface area contributed by atoms with E-state index in [0.717, 1.165) is 11.3 Å². The Labute approximate surface area is 186 Å². The first-order valence-electron chi connectivity index (χ1n) is 9.97. The normalized spacial score (nSPS) is 17.1. The Morgan fingerprint density at radius 1 is 1.25 bits per heavy atom. The molecular weight excluding hydrogens is 440 g/mol. The van der Waals surface area contributed by atoms with E-state index in [1.165, 1.54) is 31.2 Å². The van der Waals surface area contributed by atoms with Crippen LogP contribution in [0.1, 0.15) is 33.8 Å². The van der Waals surface area contributed by atoms with E-state index >= 15 is 0 Å². The third-order valence-electron chi connectivity index (χ3n) is 5.43. The van der Waals surface area contributed by atoms with Gasteiger partial charge in [-0.1, -0.05) is 5.16 Å². The van der Waals surface area contributed by atoms with Crippen LogP contribution in [0, 0.1) is 13.8 Å². The monoisotopic (exact) mass is 466 g/mol. The predicted octanol–water partition coefficient (Wildman–Crippen LogP) is 1.68. The number of methoxy groups -OCH3 is 1. The second-order valence-electron chi connectivity index (χ2n) is 7.59. The van der Waals surface area contributed by atoms with Crippen LogP contribution < -0.4 is 9.47 Å². The van der Waals surface area contributed by atoms with Crippen molar-refractivity contribution in [2.24, 2.45) is 0 Å². The number of hydrogen-bond donors (Lipinski definition) is 0. The first-order valence-corrected chi connectivity index (χ1v) is 11.8. The second-order valence-corrected chi connectivity index (χ2v) is 9.82. The fraction of sp³-hybridized carbons (Fsp3) is 0.476. The molecule has 2 heterocycles. The Bertz CT molecular complexity index is 1090. The number of aromatic nitrogens is 1. The number of benzene rings is 1. The Kier molecular flexibility index (Phi) is 7.07. The third-order valence-corrected chi connectivity index (χ3v) is 7.18. The molecule has 1 saturated heterocycles. The van der Waals surface area contributed by atoms with E-state index in [1.807, 2.05) is 6.92 Å². The lowest BCUT2D eigenvalue weighted by atomic mass is 10.2. The molecule has 1 aliphatic heterocycles. The standard InChI is InChI=1S/C21H26N2O8S/c1-13-17(14(2)31-22-13)10-29-18-6-5-15(9-19(18)28-4)21(25)30-11-20(24)23(3)16-7-8-32(26,27)12-16/h5-6,9,16H,7-8,10-12H2,1-4H3/t16-/m1/s1. The van der Waals surface area contributed by atoms with E-state index in [2.05, 4.69) is 5.16 Å². The Morgan fingerprint density at radius 2 is 2.00 bits per heavy atom. The number of likely N-dealkylation sites (N-methyl/N-ethyl adjacent to an activating group) is 1. The SMILES string of the molecule is COc1cc(C(=O)OCC(=O)N(C)[C@@H]2CCS(=O)(=O)C2)ccc1OCc1c(C)noc1C. The molecule has 0 aliphatic carbocycles. The topological polar surface area (TPSA) is 125 Å². The number of nitrogens with zero attached hydrogens (tertiary/aromatic N) is 2. The minimum atomic E-state index is -3.12. The van der Waals surface area contributed by atoms with Gasteiger partial charge in [-0.25, -0.2) is 13.2 Å². The Balaban J connectivity index is 1.59. The van der Waals surface area contributed by atoms with Gasteiger partial charge in [0, 0.05) is 13.1 Å². The summed E-state index contributed by atoms with van der Waals surface area (Å²) in [5.74, 6) is 0.211. The van der Waals surface area contributed by atoms with Crippen LogP contribution >= 0.6 is 0 Å². The fourth-order valence-corrected chi connectivity index (χ4v) is 5.14. The summed E-state index contributed by atoms with van der Waals surface area (Å²) in [7, 11) is -0.165. The van der Waals surface area contributed by atoms with E-state index < -0.39 is 34.4 Å². The van der Waals surface area contributed by atoms with E-state index in [4.69, 9.17) is 18.7 Å². The van der Waals surface area contributed by atoms with Crippen LogP contribution in [0.4, 0.5) is 0 Å². The molecule has 0 spiro atoms. The van der Waals surface area contributed by atoms with Crippen molar-refractivity contribution in [2.45, 2.75) is 32.9 Å². The van der Waals surface area contributed by atoms with Gasteiger partial charge >= 0.3 is 5.97 Å². The van der Waals surface area contributed by atoms with E-state index in [1.54, 1.807) is 13.0 Å². The maximum atomic E-state index is 12.4. The van der Waals surface area contributed by atoms with Gasteiger partial charge in [0.05, 0.1) is 35.4 Å². The smallest absolute Gasteiger partial charge is 0.338 e. The lowest BCUT2D eigenvalue weighted by Gasteiger charge is -2.23. The average Bonchev–Trinajstić information content (AvgIpc) is 3.30. The van der Waals surface area contributed by atoms with Crippen molar-refractivity contribution in [3.8, 4) is 11.5 Å². The molecule has 1 aliphatic rings. The van der Waals surface area contributed by atoms with Crippen molar-refractivity contribution in [1.29, 1.82) is 0 Å². The fourth-order valence-electron chi connectivity index (χ4n) is 3.37. The molecular formula is C21H26N2O8S. The Morgan fingerprint density at radius 3 is 2.59 bits per heavy atom. The molecule has 0 saturated carbocycles. The second kappa shape index (κ2) is 9.60. The first-order chi connectivity index (χ1) is 15.1. The number of sulfone groups is 1. The van der Waals surface area contributed by atoms with Crippen molar-refractivity contribution in [2.75, 3.05) is 32.3 Å². The number of amides is 1. The van der Waals surface area contributed by atoms with Crippen molar-refractivity contribution in [3.05, 3.63) is 40.8 Å². The molecule has 1 amide bonds. The van der Waals surface area contributed by atoms with Gasteiger partial charge in [-0.2, -0.15) is 0 Å². The number of carbonyl (C=O) groups excluding carboxylic acids is 2. The molecule has 174 valence electrons. The summed E-state index contributed by atoms with van der Waals surface area (Å²) in [6.45, 7) is 3.34. The van der Waals surface area contributed by atoms with Gasteiger partial charge in [-0.05, 0) is 38.5 Å². The number of rotatable bonds is 8. The van der Waals surface area contributed by atoms with Crippen LogP contribution in [0.2, 0.25) is 0 Å². The lowest BCUT2D eigenvalue weighted by molar-refractivity contribution is -0.134. The van der Waals surface area contributed by atoms with Crippen LogP contribution in [0.5, 0.6) is 11.5 Å². The molecule has 0 unspecified atom stereocenters. The largest absolute Gasteiger partial charge is 0.493 e. The zero-order chi connectivity index (χ0) is 23.5. The summed E-state index contributed by atoms with van der Waals surface area (Å²) in [4.78, 5) is 26.0. The number of ether oxygens (including phenoxy) is 3. The molecule has 1 aromatic carbocycles. The van der Waals surface area contributed by atoms with Gasteiger partial charge < -0.3 is 23.6 Å². The van der Waals surface area contributed by atoms with E-state index in [0.29, 0.717) is 23.7 Å². The molecule has 0 bridgehead atoms. The number of hydrogen-bond acceptors (Lipinski definition) is 9. The molecule has 11 heteroatoms. The summed E-state index contributed by atoms with van der Waals surface area (Å²) in [5.41, 5.74) is 1.74. The van der Waals surface area contributed by atoms with Crippen LogP contribution in [0.15, 0.2) is 22.7 Å². The lowest BCUT2D eigenvalue weighted by Crippen LogP contribution is -2.40. The maximum Gasteiger partial charge on any atom is 0.338 e. The molecule has 0 radical (unpaired) electrons. The van der Waals surface area contributed by atoms with Crippen LogP contribution in [-0.4, -0.2) is 68.7 Å². The zero-order valence-electron chi connectivity index (χ0n) is 18.4. The van der Waals surface area contributed by atoms with Gasteiger partial charge in [0.25, 0.3) is 5.91 Å². The van der Waals surface area contributed by atoms with Crippen LogP contribution in [0.25, 0.3) is 0 Å². The predicted molar refractivity (Wildman–Crippen MR) is 113 cm³/mol.